The quantitative estimate of drug-likeness (QED) is 0.418. The van der Waals surface area contributed by atoms with E-state index in [1.807, 2.05) is 0 Å². The molecule has 0 aliphatic heterocycles. The lowest BCUT2D eigenvalue weighted by molar-refractivity contribution is 0.103. The number of halogens is 1. The number of carbonyl (C=O) groups is 1. The molecule has 150 valence electrons. The molecule has 0 saturated heterocycles. The van der Waals surface area contributed by atoms with Crippen molar-refractivity contribution in [2.45, 2.75) is 26.2 Å². The number of hydrogen-bond acceptors (Lipinski definition) is 6. The van der Waals surface area contributed by atoms with Gasteiger partial charge in [-0.3, -0.25) is 4.79 Å². The number of hydrogen-bond donors (Lipinski definition) is 3. The first-order valence-electron chi connectivity index (χ1n) is 9.27. The largest absolute Gasteiger partial charge is 0.507 e. The molecule has 7 heteroatoms. The fourth-order valence-corrected chi connectivity index (χ4v) is 3.04. The van der Waals surface area contributed by atoms with Gasteiger partial charge in [0.1, 0.15) is 11.6 Å². The maximum atomic E-state index is 14.2. The van der Waals surface area contributed by atoms with E-state index in [1.54, 1.807) is 19.1 Å². The van der Waals surface area contributed by atoms with Crippen LogP contribution in [0.5, 0.6) is 5.75 Å². The molecule has 0 fully saturated rings. The summed E-state index contributed by atoms with van der Waals surface area (Å²) in [4.78, 5) is 21.1. The Labute approximate surface area is 167 Å². The van der Waals surface area contributed by atoms with Crippen molar-refractivity contribution in [3.8, 4) is 17.0 Å². The summed E-state index contributed by atoms with van der Waals surface area (Å²) >= 11 is 0. The molecule has 3 rings (SSSR count). The molecule has 3 aromatic rings. The van der Waals surface area contributed by atoms with Crippen molar-refractivity contribution in [2.24, 2.45) is 0 Å². The summed E-state index contributed by atoms with van der Waals surface area (Å²) in [6, 6.07) is 10.4. The smallest absolute Gasteiger partial charge is 0.220 e. The first kappa shape index (κ1) is 20.4. The summed E-state index contributed by atoms with van der Waals surface area (Å²) in [6.07, 6.45) is 1.95. The lowest BCUT2D eigenvalue weighted by Crippen LogP contribution is -2.05. The first-order valence-corrected chi connectivity index (χ1v) is 9.27. The van der Waals surface area contributed by atoms with E-state index in [-0.39, 0.29) is 29.4 Å². The Morgan fingerprint density at radius 1 is 1.10 bits per heavy atom. The number of aromatic nitrogens is 2. The van der Waals surface area contributed by atoms with Crippen molar-refractivity contribution in [3.05, 3.63) is 70.7 Å². The molecule has 0 radical (unpaired) electrons. The first-order chi connectivity index (χ1) is 13.9. The zero-order valence-corrected chi connectivity index (χ0v) is 16.0. The minimum atomic E-state index is -0.595. The lowest BCUT2D eigenvalue weighted by atomic mass is 9.98. The van der Waals surface area contributed by atoms with Crippen LogP contribution in [0.15, 0.2) is 42.5 Å². The van der Waals surface area contributed by atoms with Crippen LogP contribution in [0.1, 0.15) is 40.0 Å². The second-order valence-corrected chi connectivity index (χ2v) is 6.83. The van der Waals surface area contributed by atoms with Gasteiger partial charge in [0.2, 0.25) is 5.95 Å². The summed E-state index contributed by atoms with van der Waals surface area (Å²) in [5.41, 5.74) is 8.04. The molecule has 0 aliphatic rings. The maximum absolute atomic E-state index is 14.2. The van der Waals surface area contributed by atoms with Gasteiger partial charge in [-0.2, -0.15) is 0 Å². The summed E-state index contributed by atoms with van der Waals surface area (Å²) in [6.45, 7) is 1.83. The SMILES string of the molecule is Cc1ccc(C(=O)c2ccc(O)c(-c3cc(CCCCO)nc(N)n3)c2)c(F)c1. The summed E-state index contributed by atoms with van der Waals surface area (Å²) in [7, 11) is 0. The second kappa shape index (κ2) is 8.79. The molecule has 0 bridgehead atoms. The number of phenolic OH excluding ortho intramolecular Hbond substituents is 1. The van der Waals surface area contributed by atoms with Gasteiger partial charge in [0.25, 0.3) is 0 Å². The second-order valence-electron chi connectivity index (χ2n) is 6.83. The van der Waals surface area contributed by atoms with Crippen LogP contribution in [0.2, 0.25) is 0 Å². The van der Waals surface area contributed by atoms with Crippen LogP contribution in [0.25, 0.3) is 11.3 Å². The molecule has 4 N–H and O–H groups in total. The molecule has 1 heterocycles. The number of aryl methyl sites for hydroxylation is 2. The van der Waals surface area contributed by atoms with Crippen LogP contribution >= 0.6 is 0 Å². The van der Waals surface area contributed by atoms with E-state index in [2.05, 4.69) is 9.97 Å². The van der Waals surface area contributed by atoms with Gasteiger partial charge in [-0.15, -0.1) is 0 Å². The highest BCUT2D eigenvalue weighted by molar-refractivity contribution is 6.09. The monoisotopic (exact) mass is 395 g/mol. The normalized spacial score (nSPS) is 10.9. The highest BCUT2D eigenvalue weighted by Crippen LogP contribution is 2.31. The minimum Gasteiger partial charge on any atom is -0.507 e. The Balaban J connectivity index is 1.98. The van der Waals surface area contributed by atoms with Crippen LogP contribution in [0, 0.1) is 12.7 Å². The van der Waals surface area contributed by atoms with Crippen molar-refractivity contribution < 1.29 is 19.4 Å². The fourth-order valence-electron chi connectivity index (χ4n) is 3.04. The van der Waals surface area contributed by atoms with E-state index in [0.29, 0.717) is 29.8 Å². The van der Waals surface area contributed by atoms with Gasteiger partial charge < -0.3 is 15.9 Å². The van der Waals surface area contributed by atoms with Gasteiger partial charge in [-0.05, 0) is 68.1 Å². The molecule has 0 amide bonds. The molecule has 6 nitrogen and oxygen atoms in total. The van der Waals surface area contributed by atoms with Crippen molar-refractivity contribution >= 4 is 11.7 Å². The number of aliphatic hydroxyl groups excluding tert-OH is 1. The number of unbranched alkanes of at least 4 members (excludes halogenated alkanes) is 1. The molecule has 1 aromatic heterocycles. The van der Waals surface area contributed by atoms with Gasteiger partial charge >= 0.3 is 0 Å². The maximum Gasteiger partial charge on any atom is 0.220 e. The lowest BCUT2D eigenvalue weighted by Gasteiger charge is -2.10. The molecule has 0 atom stereocenters. The highest BCUT2D eigenvalue weighted by Gasteiger charge is 2.17. The van der Waals surface area contributed by atoms with Crippen LogP contribution in [0.3, 0.4) is 0 Å². The number of aromatic hydroxyl groups is 1. The van der Waals surface area contributed by atoms with Crippen molar-refractivity contribution in [3.63, 3.8) is 0 Å². The third-order valence-corrected chi connectivity index (χ3v) is 4.54. The summed E-state index contributed by atoms with van der Waals surface area (Å²) < 4.78 is 14.2. The van der Waals surface area contributed by atoms with Gasteiger partial charge in [0.15, 0.2) is 5.78 Å². The third kappa shape index (κ3) is 4.75. The number of phenols is 1. The van der Waals surface area contributed by atoms with E-state index < -0.39 is 11.6 Å². The number of rotatable bonds is 7. The van der Waals surface area contributed by atoms with Gasteiger partial charge in [-0.25, -0.2) is 14.4 Å². The predicted molar refractivity (Wildman–Crippen MR) is 108 cm³/mol. The van der Waals surface area contributed by atoms with E-state index in [0.717, 1.165) is 12.0 Å². The number of anilines is 1. The van der Waals surface area contributed by atoms with Crippen LogP contribution in [0.4, 0.5) is 10.3 Å². The number of nitrogens with two attached hydrogens (primary N) is 1. The predicted octanol–water partition coefficient (Wildman–Crippen LogP) is 3.42. The number of aliphatic hydroxyl groups is 1. The molecule has 29 heavy (non-hydrogen) atoms. The number of nitrogen functional groups attached to an aromatic ring is 1. The molecular weight excluding hydrogens is 373 g/mol. The molecule has 0 aliphatic carbocycles. The molecular formula is C22H22FN3O3. The zero-order chi connectivity index (χ0) is 21.0. The molecule has 0 spiro atoms. The highest BCUT2D eigenvalue weighted by atomic mass is 19.1. The third-order valence-electron chi connectivity index (χ3n) is 4.54. The summed E-state index contributed by atoms with van der Waals surface area (Å²) in [5, 5.41) is 19.2. The van der Waals surface area contributed by atoms with Crippen LogP contribution in [-0.2, 0) is 6.42 Å². The van der Waals surface area contributed by atoms with Crippen LogP contribution < -0.4 is 5.73 Å². The Morgan fingerprint density at radius 2 is 1.90 bits per heavy atom. The number of carbonyl (C=O) groups excluding carboxylic acids is 1. The van der Waals surface area contributed by atoms with Crippen molar-refractivity contribution in [2.75, 3.05) is 12.3 Å². The Bertz CT molecular complexity index is 1050. The van der Waals surface area contributed by atoms with Crippen molar-refractivity contribution in [1.29, 1.82) is 0 Å². The van der Waals surface area contributed by atoms with Gasteiger partial charge in [0, 0.05) is 23.4 Å². The number of nitrogens with zero attached hydrogens (tertiary/aromatic N) is 2. The Kier molecular flexibility index (Phi) is 6.19. The molecule has 0 saturated carbocycles. The topological polar surface area (TPSA) is 109 Å². The minimum absolute atomic E-state index is 0.0425. The van der Waals surface area contributed by atoms with E-state index >= 15 is 0 Å². The summed E-state index contributed by atoms with van der Waals surface area (Å²) in [5.74, 6) is -1.12. The number of ketones is 1. The average molecular weight is 395 g/mol. The Hall–Kier alpha value is -3.32. The van der Waals surface area contributed by atoms with Crippen molar-refractivity contribution in [1.82, 2.24) is 9.97 Å². The standard InChI is InChI=1S/C22H22FN3O3/c1-13-5-7-16(18(23)10-13)21(29)14-6-8-20(28)17(11-14)19-12-15(4-2-3-9-27)25-22(24)26-19/h5-8,10-12,27-28H,2-4,9H2,1H3,(H2,24,25,26). The van der Waals surface area contributed by atoms with Crippen LogP contribution in [-0.4, -0.2) is 32.6 Å². The average Bonchev–Trinajstić information content (AvgIpc) is 2.67. The van der Waals surface area contributed by atoms with Gasteiger partial charge in [0.05, 0.1) is 11.3 Å². The Morgan fingerprint density at radius 3 is 2.62 bits per heavy atom. The van der Waals surface area contributed by atoms with E-state index in [4.69, 9.17) is 10.8 Å². The van der Waals surface area contributed by atoms with Gasteiger partial charge in [-0.1, -0.05) is 6.07 Å². The van der Waals surface area contributed by atoms with E-state index in [1.165, 1.54) is 30.3 Å². The molecule has 2 aromatic carbocycles. The fraction of sp³-hybridized carbons (Fsp3) is 0.227. The zero-order valence-electron chi connectivity index (χ0n) is 16.0. The molecule has 0 unspecified atom stereocenters. The number of benzene rings is 2. The van der Waals surface area contributed by atoms with E-state index in [9.17, 15) is 14.3 Å².